The van der Waals surface area contributed by atoms with Crippen LogP contribution in [0.15, 0.2) is 28.7 Å². The highest BCUT2D eigenvalue weighted by atomic mass is 79.9. The highest BCUT2D eigenvalue weighted by Crippen LogP contribution is 2.17. The van der Waals surface area contributed by atoms with Gasteiger partial charge in [-0.25, -0.2) is 4.79 Å². The van der Waals surface area contributed by atoms with E-state index in [1.54, 1.807) is 0 Å². The Morgan fingerprint density at radius 2 is 1.88 bits per heavy atom. The maximum Gasteiger partial charge on any atom is 0.319 e. The van der Waals surface area contributed by atoms with Crippen LogP contribution >= 0.6 is 15.9 Å². The normalized spacial score (nSPS) is 15.2. The predicted octanol–water partition coefficient (Wildman–Crippen LogP) is 2.42. The van der Waals surface area contributed by atoms with Crippen LogP contribution in [0.25, 0.3) is 0 Å². The SMILES string of the molecule is CNCC1CCN(C(=O)CCNC(=O)Nc2ccc(Br)cc2)CC1. The van der Waals surface area contributed by atoms with Crippen LogP contribution in [0.4, 0.5) is 10.5 Å². The number of benzene rings is 1. The number of amides is 3. The number of rotatable bonds is 6. The summed E-state index contributed by atoms with van der Waals surface area (Å²) in [6, 6.07) is 7.04. The largest absolute Gasteiger partial charge is 0.343 e. The molecule has 0 unspecified atom stereocenters. The van der Waals surface area contributed by atoms with Crippen LogP contribution in [0.2, 0.25) is 0 Å². The second-order valence-corrected chi connectivity index (χ2v) is 6.94. The zero-order valence-corrected chi connectivity index (χ0v) is 15.6. The average Bonchev–Trinajstić information content (AvgIpc) is 2.58. The van der Waals surface area contributed by atoms with Gasteiger partial charge in [0.2, 0.25) is 5.91 Å². The predicted molar refractivity (Wildman–Crippen MR) is 99.0 cm³/mol. The van der Waals surface area contributed by atoms with Gasteiger partial charge in [-0.1, -0.05) is 15.9 Å². The molecule has 2 rings (SSSR count). The van der Waals surface area contributed by atoms with E-state index in [-0.39, 0.29) is 11.9 Å². The lowest BCUT2D eigenvalue weighted by atomic mass is 9.96. The van der Waals surface area contributed by atoms with Crippen LogP contribution in [0.1, 0.15) is 19.3 Å². The molecule has 1 aromatic rings. The van der Waals surface area contributed by atoms with Gasteiger partial charge in [-0.2, -0.15) is 0 Å². The van der Waals surface area contributed by atoms with Gasteiger partial charge in [0.1, 0.15) is 0 Å². The first-order valence-corrected chi connectivity index (χ1v) is 9.10. The van der Waals surface area contributed by atoms with Crippen LogP contribution in [0, 0.1) is 5.92 Å². The molecule has 1 heterocycles. The molecule has 1 fully saturated rings. The average molecular weight is 397 g/mol. The maximum absolute atomic E-state index is 12.2. The minimum atomic E-state index is -0.294. The summed E-state index contributed by atoms with van der Waals surface area (Å²) in [4.78, 5) is 25.9. The summed E-state index contributed by atoms with van der Waals surface area (Å²) in [7, 11) is 1.96. The van der Waals surface area contributed by atoms with E-state index in [0.717, 1.165) is 36.9 Å². The highest BCUT2D eigenvalue weighted by molar-refractivity contribution is 9.10. The maximum atomic E-state index is 12.2. The van der Waals surface area contributed by atoms with Crippen molar-refractivity contribution in [1.29, 1.82) is 0 Å². The van der Waals surface area contributed by atoms with Crippen molar-refractivity contribution >= 4 is 33.6 Å². The quantitative estimate of drug-likeness (QED) is 0.690. The Balaban J connectivity index is 1.63. The molecule has 24 heavy (non-hydrogen) atoms. The molecule has 3 N–H and O–H groups in total. The van der Waals surface area contributed by atoms with Crippen molar-refractivity contribution in [2.24, 2.45) is 5.92 Å². The minimum absolute atomic E-state index is 0.113. The lowest BCUT2D eigenvalue weighted by Gasteiger charge is -2.32. The molecule has 7 heteroatoms. The van der Waals surface area contributed by atoms with Crippen molar-refractivity contribution in [2.45, 2.75) is 19.3 Å². The Labute approximate surface area is 151 Å². The number of halogens is 1. The number of likely N-dealkylation sites (tertiary alicyclic amines) is 1. The highest BCUT2D eigenvalue weighted by Gasteiger charge is 2.21. The molecule has 0 bridgehead atoms. The molecule has 132 valence electrons. The van der Waals surface area contributed by atoms with E-state index in [4.69, 9.17) is 0 Å². The summed E-state index contributed by atoms with van der Waals surface area (Å²) in [5.41, 5.74) is 0.716. The molecule has 1 saturated heterocycles. The molecule has 0 saturated carbocycles. The van der Waals surface area contributed by atoms with E-state index in [0.29, 0.717) is 24.6 Å². The Hall–Kier alpha value is -1.60. The molecule has 1 aliphatic heterocycles. The van der Waals surface area contributed by atoms with Crippen molar-refractivity contribution in [3.05, 3.63) is 28.7 Å². The first-order valence-electron chi connectivity index (χ1n) is 8.31. The van der Waals surface area contributed by atoms with Crippen molar-refractivity contribution in [2.75, 3.05) is 38.5 Å². The summed E-state index contributed by atoms with van der Waals surface area (Å²) < 4.78 is 0.956. The molecule has 0 spiro atoms. The van der Waals surface area contributed by atoms with Gasteiger partial charge in [0, 0.05) is 36.2 Å². The van der Waals surface area contributed by atoms with Crippen molar-refractivity contribution in [1.82, 2.24) is 15.5 Å². The molecule has 6 nitrogen and oxygen atoms in total. The standard InChI is InChI=1S/C17H25BrN4O2/c1-19-12-13-7-10-22(11-8-13)16(23)6-9-20-17(24)21-15-4-2-14(18)3-5-15/h2-5,13,19H,6-12H2,1H3,(H2,20,21,24). The number of hydrogen-bond donors (Lipinski definition) is 3. The number of nitrogens with one attached hydrogen (secondary N) is 3. The number of urea groups is 1. The van der Waals surface area contributed by atoms with Crippen LogP contribution in [-0.4, -0.2) is 50.1 Å². The monoisotopic (exact) mass is 396 g/mol. The minimum Gasteiger partial charge on any atom is -0.343 e. The Morgan fingerprint density at radius 3 is 2.50 bits per heavy atom. The molecular weight excluding hydrogens is 372 g/mol. The third-order valence-electron chi connectivity index (χ3n) is 4.19. The van der Waals surface area contributed by atoms with E-state index in [2.05, 4.69) is 31.9 Å². The van der Waals surface area contributed by atoms with E-state index < -0.39 is 0 Å². The lowest BCUT2D eigenvalue weighted by Crippen LogP contribution is -2.41. The number of carbonyl (C=O) groups is 2. The van der Waals surface area contributed by atoms with Crippen molar-refractivity contribution in [3.63, 3.8) is 0 Å². The molecule has 0 atom stereocenters. The van der Waals surface area contributed by atoms with Gasteiger partial charge in [-0.15, -0.1) is 0 Å². The van der Waals surface area contributed by atoms with Crippen LogP contribution in [0.3, 0.4) is 0 Å². The van der Waals surface area contributed by atoms with Gasteiger partial charge in [0.05, 0.1) is 0 Å². The van der Waals surface area contributed by atoms with Gasteiger partial charge in [-0.05, 0) is 56.6 Å². The zero-order valence-electron chi connectivity index (χ0n) is 14.0. The molecule has 0 aliphatic carbocycles. The van der Waals surface area contributed by atoms with Crippen LogP contribution < -0.4 is 16.0 Å². The Bertz CT molecular complexity index is 542. The van der Waals surface area contributed by atoms with E-state index in [9.17, 15) is 9.59 Å². The van der Waals surface area contributed by atoms with Gasteiger partial charge in [0.15, 0.2) is 0 Å². The smallest absolute Gasteiger partial charge is 0.319 e. The van der Waals surface area contributed by atoms with Crippen LogP contribution in [-0.2, 0) is 4.79 Å². The molecule has 1 aliphatic rings. The van der Waals surface area contributed by atoms with E-state index in [1.807, 2.05) is 36.2 Å². The third-order valence-corrected chi connectivity index (χ3v) is 4.72. The van der Waals surface area contributed by atoms with Gasteiger partial charge < -0.3 is 20.9 Å². The Morgan fingerprint density at radius 1 is 1.21 bits per heavy atom. The topological polar surface area (TPSA) is 73.5 Å². The zero-order chi connectivity index (χ0) is 17.4. The van der Waals surface area contributed by atoms with Crippen LogP contribution in [0.5, 0.6) is 0 Å². The summed E-state index contributed by atoms with van der Waals surface area (Å²) in [6.07, 6.45) is 2.43. The molecule has 3 amide bonds. The number of anilines is 1. The van der Waals surface area contributed by atoms with E-state index in [1.165, 1.54) is 0 Å². The fraction of sp³-hybridized carbons (Fsp3) is 0.529. The van der Waals surface area contributed by atoms with E-state index >= 15 is 0 Å². The number of piperidine rings is 1. The molecule has 0 aromatic heterocycles. The summed E-state index contributed by atoms with van der Waals surface area (Å²) in [6.45, 7) is 2.99. The lowest BCUT2D eigenvalue weighted by molar-refractivity contribution is -0.132. The first kappa shape index (κ1) is 18.7. The summed E-state index contributed by atoms with van der Waals surface area (Å²) >= 11 is 3.35. The second kappa shape index (κ2) is 9.64. The van der Waals surface area contributed by atoms with Gasteiger partial charge >= 0.3 is 6.03 Å². The van der Waals surface area contributed by atoms with Gasteiger partial charge in [-0.3, -0.25) is 4.79 Å². The van der Waals surface area contributed by atoms with Crippen molar-refractivity contribution in [3.8, 4) is 0 Å². The number of carbonyl (C=O) groups excluding carboxylic acids is 2. The summed E-state index contributed by atoms with van der Waals surface area (Å²) in [5, 5.41) is 8.66. The fourth-order valence-electron chi connectivity index (χ4n) is 2.82. The second-order valence-electron chi connectivity index (χ2n) is 6.02. The fourth-order valence-corrected chi connectivity index (χ4v) is 3.09. The number of hydrogen-bond acceptors (Lipinski definition) is 3. The first-order chi connectivity index (χ1) is 11.6. The third kappa shape index (κ3) is 6.13. The molecular formula is C17H25BrN4O2. The molecule has 1 aromatic carbocycles. The number of nitrogens with zero attached hydrogens (tertiary/aromatic N) is 1. The van der Waals surface area contributed by atoms with Gasteiger partial charge in [0.25, 0.3) is 0 Å². The molecule has 0 radical (unpaired) electrons. The Kier molecular flexibility index (Phi) is 7.52. The summed E-state index contributed by atoms with van der Waals surface area (Å²) in [5.74, 6) is 0.774. The van der Waals surface area contributed by atoms with Crippen molar-refractivity contribution < 1.29 is 9.59 Å².